The number of aryl methyl sites for hydroxylation is 1. The van der Waals surface area contributed by atoms with E-state index in [2.05, 4.69) is 4.98 Å². The molecule has 1 aliphatic heterocycles. The standard InChI is InChI=1S/C16H18N2O3/c1-18-8-7-17-15(16(18)19)13-4-2-3-5-14(13)21-11-12-6-9-20-10-12/h2-5,7-8,12H,6,9-11H2,1H3. The van der Waals surface area contributed by atoms with Crippen molar-refractivity contribution in [2.24, 2.45) is 13.0 Å². The van der Waals surface area contributed by atoms with Crippen LogP contribution in [-0.2, 0) is 11.8 Å². The van der Waals surface area contributed by atoms with E-state index in [4.69, 9.17) is 9.47 Å². The molecule has 21 heavy (non-hydrogen) atoms. The summed E-state index contributed by atoms with van der Waals surface area (Å²) >= 11 is 0. The summed E-state index contributed by atoms with van der Waals surface area (Å²) in [5.41, 5.74) is 1.02. The van der Waals surface area contributed by atoms with E-state index in [9.17, 15) is 4.79 Å². The van der Waals surface area contributed by atoms with Gasteiger partial charge in [-0.3, -0.25) is 4.79 Å². The predicted molar refractivity (Wildman–Crippen MR) is 79.3 cm³/mol. The number of rotatable bonds is 4. The van der Waals surface area contributed by atoms with Crippen LogP contribution in [0, 0.1) is 5.92 Å². The van der Waals surface area contributed by atoms with Gasteiger partial charge in [0.05, 0.1) is 13.2 Å². The third kappa shape index (κ3) is 2.97. The molecule has 3 rings (SSSR count). The predicted octanol–water partition coefficient (Wildman–Crippen LogP) is 1.86. The fourth-order valence-corrected chi connectivity index (χ4v) is 2.39. The highest BCUT2D eigenvalue weighted by Crippen LogP contribution is 2.27. The Balaban J connectivity index is 1.88. The van der Waals surface area contributed by atoms with E-state index >= 15 is 0 Å². The van der Waals surface area contributed by atoms with Crippen LogP contribution in [0.2, 0.25) is 0 Å². The number of hydrogen-bond donors (Lipinski definition) is 0. The Morgan fingerprint density at radius 3 is 3.10 bits per heavy atom. The van der Waals surface area contributed by atoms with Crippen LogP contribution in [-0.4, -0.2) is 29.4 Å². The zero-order valence-electron chi connectivity index (χ0n) is 12.0. The topological polar surface area (TPSA) is 53.4 Å². The van der Waals surface area contributed by atoms with Crippen molar-refractivity contribution in [3.63, 3.8) is 0 Å². The first-order valence-electron chi connectivity index (χ1n) is 7.07. The zero-order chi connectivity index (χ0) is 14.7. The largest absolute Gasteiger partial charge is 0.493 e. The maximum atomic E-state index is 12.2. The van der Waals surface area contributed by atoms with Crippen LogP contribution in [0.25, 0.3) is 11.3 Å². The number of ether oxygens (including phenoxy) is 2. The Hall–Kier alpha value is -2.14. The Labute approximate surface area is 123 Å². The maximum absolute atomic E-state index is 12.2. The van der Waals surface area contributed by atoms with Crippen molar-refractivity contribution in [1.29, 1.82) is 0 Å². The molecule has 1 aromatic carbocycles. The second-order valence-corrected chi connectivity index (χ2v) is 5.23. The second kappa shape index (κ2) is 6.10. The van der Waals surface area contributed by atoms with Crippen molar-refractivity contribution >= 4 is 0 Å². The summed E-state index contributed by atoms with van der Waals surface area (Å²) in [4.78, 5) is 16.4. The molecule has 110 valence electrons. The Morgan fingerprint density at radius 1 is 1.43 bits per heavy atom. The molecule has 0 bridgehead atoms. The molecule has 2 aromatic rings. The van der Waals surface area contributed by atoms with Gasteiger partial charge in [-0.25, -0.2) is 4.98 Å². The number of hydrogen-bond acceptors (Lipinski definition) is 4. The summed E-state index contributed by atoms with van der Waals surface area (Å²) in [5.74, 6) is 1.12. The average molecular weight is 286 g/mol. The first-order chi connectivity index (χ1) is 10.3. The first kappa shape index (κ1) is 13.8. The smallest absolute Gasteiger partial charge is 0.276 e. The third-order valence-corrected chi connectivity index (χ3v) is 3.66. The Bertz CT molecular complexity index is 675. The van der Waals surface area contributed by atoms with Crippen molar-refractivity contribution in [2.75, 3.05) is 19.8 Å². The van der Waals surface area contributed by atoms with Crippen LogP contribution < -0.4 is 10.3 Å². The molecule has 0 spiro atoms. The van der Waals surface area contributed by atoms with Crippen molar-refractivity contribution in [3.8, 4) is 17.0 Å². The van der Waals surface area contributed by atoms with Crippen LogP contribution in [0.5, 0.6) is 5.75 Å². The van der Waals surface area contributed by atoms with Gasteiger partial charge in [0.25, 0.3) is 5.56 Å². The van der Waals surface area contributed by atoms with Gasteiger partial charge in [-0.2, -0.15) is 0 Å². The third-order valence-electron chi connectivity index (χ3n) is 3.66. The normalized spacial score (nSPS) is 17.9. The minimum absolute atomic E-state index is 0.127. The molecule has 1 atom stereocenters. The van der Waals surface area contributed by atoms with E-state index in [1.54, 1.807) is 19.4 Å². The van der Waals surface area contributed by atoms with Gasteiger partial charge in [0.1, 0.15) is 11.4 Å². The summed E-state index contributed by atoms with van der Waals surface area (Å²) in [6.07, 6.45) is 4.29. The van der Waals surface area contributed by atoms with E-state index in [0.29, 0.717) is 24.0 Å². The fraction of sp³-hybridized carbons (Fsp3) is 0.375. The monoisotopic (exact) mass is 286 g/mol. The molecule has 0 amide bonds. The van der Waals surface area contributed by atoms with Gasteiger partial charge in [0.15, 0.2) is 0 Å². The molecule has 1 fully saturated rings. The lowest BCUT2D eigenvalue weighted by Crippen LogP contribution is -2.19. The van der Waals surface area contributed by atoms with E-state index in [1.165, 1.54) is 4.57 Å². The van der Waals surface area contributed by atoms with E-state index in [-0.39, 0.29) is 5.56 Å². The van der Waals surface area contributed by atoms with Crippen LogP contribution >= 0.6 is 0 Å². The molecule has 1 unspecified atom stereocenters. The van der Waals surface area contributed by atoms with E-state index in [0.717, 1.165) is 25.2 Å². The minimum Gasteiger partial charge on any atom is -0.493 e. The highest BCUT2D eigenvalue weighted by Gasteiger charge is 2.18. The lowest BCUT2D eigenvalue weighted by molar-refractivity contribution is 0.167. The van der Waals surface area contributed by atoms with E-state index in [1.807, 2.05) is 24.3 Å². The second-order valence-electron chi connectivity index (χ2n) is 5.23. The molecule has 0 radical (unpaired) electrons. The maximum Gasteiger partial charge on any atom is 0.276 e. The molecular weight excluding hydrogens is 268 g/mol. The SMILES string of the molecule is Cn1ccnc(-c2ccccc2OCC2CCOC2)c1=O. The van der Waals surface area contributed by atoms with Gasteiger partial charge in [0.2, 0.25) is 0 Å². The van der Waals surface area contributed by atoms with Gasteiger partial charge >= 0.3 is 0 Å². The number of nitrogens with zero attached hydrogens (tertiary/aromatic N) is 2. The summed E-state index contributed by atoms with van der Waals surface area (Å²) in [7, 11) is 1.72. The number of benzene rings is 1. The van der Waals surface area contributed by atoms with Crippen LogP contribution in [0.1, 0.15) is 6.42 Å². The van der Waals surface area contributed by atoms with Crippen molar-refractivity contribution < 1.29 is 9.47 Å². The molecule has 0 N–H and O–H groups in total. The summed E-state index contributed by atoms with van der Waals surface area (Å²) in [5, 5.41) is 0. The molecule has 1 aliphatic rings. The molecule has 1 aromatic heterocycles. The lowest BCUT2D eigenvalue weighted by atomic mass is 10.1. The lowest BCUT2D eigenvalue weighted by Gasteiger charge is -2.13. The van der Waals surface area contributed by atoms with Gasteiger partial charge in [-0.05, 0) is 18.6 Å². The van der Waals surface area contributed by atoms with Gasteiger partial charge < -0.3 is 14.0 Å². The number of aromatic nitrogens is 2. The van der Waals surface area contributed by atoms with Gasteiger partial charge in [-0.1, -0.05) is 12.1 Å². The molecule has 0 aliphatic carbocycles. The fourth-order valence-electron chi connectivity index (χ4n) is 2.39. The quantitative estimate of drug-likeness (QED) is 0.861. The first-order valence-corrected chi connectivity index (χ1v) is 7.07. The zero-order valence-corrected chi connectivity index (χ0v) is 12.0. The highest BCUT2D eigenvalue weighted by atomic mass is 16.5. The van der Waals surface area contributed by atoms with Crippen LogP contribution in [0.4, 0.5) is 0 Å². The van der Waals surface area contributed by atoms with Crippen LogP contribution in [0.3, 0.4) is 0 Å². The number of para-hydroxylation sites is 1. The molecule has 0 saturated carbocycles. The van der Waals surface area contributed by atoms with Crippen molar-refractivity contribution in [1.82, 2.24) is 9.55 Å². The molecule has 1 saturated heterocycles. The van der Waals surface area contributed by atoms with Crippen molar-refractivity contribution in [3.05, 3.63) is 47.0 Å². The van der Waals surface area contributed by atoms with Crippen molar-refractivity contribution in [2.45, 2.75) is 6.42 Å². The molecular formula is C16H18N2O3. The molecule has 5 nitrogen and oxygen atoms in total. The van der Waals surface area contributed by atoms with Gasteiger partial charge in [-0.15, -0.1) is 0 Å². The minimum atomic E-state index is -0.127. The summed E-state index contributed by atoms with van der Waals surface area (Å²) in [6.45, 7) is 2.15. The molecule has 2 heterocycles. The molecule has 5 heteroatoms. The van der Waals surface area contributed by atoms with Crippen LogP contribution in [0.15, 0.2) is 41.5 Å². The average Bonchev–Trinajstić information content (AvgIpc) is 3.02. The Kier molecular flexibility index (Phi) is 4.01. The van der Waals surface area contributed by atoms with Gasteiger partial charge in [0, 0.05) is 37.5 Å². The summed E-state index contributed by atoms with van der Waals surface area (Å²) in [6, 6.07) is 7.52. The Morgan fingerprint density at radius 2 is 2.29 bits per heavy atom. The summed E-state index contributed by atoms with van der Waals surface area (Å²) < 4.78 is 12.8. The van der Waals surface area contributed by atoms with E-state index < -0.39 is 0 Å². The highest BCUT2D eigenvalue weighted by molar-refractivity contribution is 5.66.